The van der Waals surface area contributed by atoms with Gasteiger partial charge in [-0.25, -0.2) is 9.37 Å². The van der Waals surface area contributed by atoms with E-state index >= 15 is 0 Å². The molecule has 0 amide bonds. The predicted octanol–water partition coefficient (Wildman–Crippen LogP) is 2.17. The lowest BCUT2D eigenvalue weighted by Gasteiger charge is -2.02. The van der Waals surface area contributed by atoms with Gasteiger partial charge in [0.15, 0.2) is 0 Å². The Morgan fingerprint density at radius 2 is 2.31 bits per heavy atom. The summed E-state index contributed by atoms with van der Waals surface area (Å²) in [6.07, 6.45) is 1.65. The second-order valence-electron chi connectivity index (χ2n) is 3.10. The molecule has 1 aromatic heterocycles. The van der Waals surface area contributed by atoms with Crippen molar-refractivity contribution in [1.29, 1.82) is 0 Å². The molecule has 1 unspecified atom stereocenters. The van der Waals surface area contributed by atoms with Gasteiger partial charge in [-0.2, -0.15) is 0 Å². The summed E-state index contributed by atoms with van der Waals surface area (Å²) in [7, 11) is -1.28. The van der Waals surface area contributed by atoms with E-state index in [1.54, 1.807) is 12.3 Å². The highest BCUT2D eigenvalue weighted by atomic mass is 32.2. The first-order chi connectivity index (χ1) is 7.66. The first-order valence-corrected chi connectivity index (χ1v) is 6.68. The van der Waals surface area contributed by atoms with E-state index < -0.39 is 16.6 Å². The van der Waals surface area contributed by atoms with Crippen LogP contribution in [-0.2, 0) is 16.6 Å². The third-order valence-electron chi connectivity index (χ3n) is 1.97. The van der Waals surface area contributed by atoms with Crippen molar-refractivity contribution in [1.82, 2.24) is 4.98 Å². The zero-order valence-electron chi connectivity index (χ0n) is 8.22. The van der Waals surface area contributed by atoms with E-state index in [0.29, 0.717) is 10.6 Å². The fourth-order valence-corrected chi connectivity index (χ4v) is 3.08. The summed E-state index contributed by atoms with van der Waals surface area (Å²) in [5.74, 6) is -0.230. The number of halogens is 1. The highest BCUT2D eigenvalue weighted by molar-refractivity contribution is 7.84. The maximum absolute atomic E-state index is 13.1. The molecule has 6 heteroatoms. The summed E-state index contributed by atoms with van der Waals surface area (Å²) in [5.41, 5.74) is 5.41. The molecule has 1 aromatic carbocycles. The summed E-state index contributed by atoms with van der Waals surface area (Å²) in [5, 5.41) is 2.59. The summed E-state index contributed by atoms with van der Waals surface area (Å²) < 4.78 is 25.0. The van der Waals surface area contributed by atoms with E-state index in [9.17, 15) is 8.60 Å². The summed E-state index contributed by atoms with van der Waals surface area (Å²) in [4.78, 5) is 4.46. The molecule has 2 rings (SSSR count). The second kappa shape index (κ2) is 4.71. The zero-order chi connectivity index (χ0) is 11.5. The Kier molecular flexibility index (Phi) is 3.31. The second-order valence-corrected chi connectivity index (χ2v) is 5.53. The number of hydrogen-bond acceptors (Lipinski definition) is 4. The fraction of sp³-hybridized carbons (Fsp3) is 0.100. The van der Waals surface area contributed by atoms with Gasteiger partial charge in [-0.3, -0.25) is 4.21 Å². The Balaban J connectivity index is 2.18. The van der Waals surface area contributed by atoms with Crippen LogP contribution in [0.1, 0.15) is 5.01 Å². The van der Waals surface area contributed by atoms with Gasteiger partial charge in [0.05, 0.1) is 22.2 Å². The number of nitrogen functional groups attached to an aromatic ring is 1. The van der Waals surface area contributed by atoms with E-state index in [1.165, 1.54) is 23.5 Å². The van der Waals surface area contributed by atoms with Gasteiger partial charge in [0.2, 0.25) is 0 Å². The molecule has 0 aliphatic carbocycles. The highest BCUT2D eigenvalue weighted by Gasteiger charge is 2.09. The molecule has 0 bridgehead atoms. The molecule has 0 fully saturated rings. The van der Waals surface area contributed by atoms with Crippen LogP contribution in [0.2, 0.25) is 0 Å². The van der Waals surface area contributed by atoms with E-state index in [0.717, 1.165) is 5.01 Å². The maximum atomic E-state index is 13.1. The predicted molar refractivity (Wildman–Crippen MR) is 63.0 cm³/mol. The molecular weight excluding hydrogens is 247 g/mol. The summed E-state index contributed by atoms with van der Waals surface area (Å²) >= 11 is 1.43. The van der Waals surface area contributed by atoms with E-state index in [1.807, 2.05) is 5.38 Å². The third-order valence-corrected chi connectivity index (χ3v) is 4.25. The van der Waals surface area contributed by atoms with E-state index in [2.05, 4.69) is 4.98 Å². The Hall–Kier alpha value is -1.27. The van der Waals surface area contributed by atoms with Crippen molar-refractivity contribution < 1.29 is 8.60 Å². The molecule has 0 saturated carbocycles. The van der Waals surface area contributed by atoms with Crippen molar-refractivity contribution in [3.8, 4) is 0 Å². The maximum Gasteiger partial charge on any atom is 0.147 e. The number of rotatable bonds is 3. The minimum Gasteiger partial charge on any atom is -0.396 e. The lowest BCUT2D eigenvalue weighted by molar-refractivity contribution is 0.627. The molecule has 0 aliphatic rings. The topological polar surface area (TPSA) is 56.0 Å². The van der Waals surface area contributed by atoms with E-state index in [-0.39, 0.29) is 5.69 Å². The molecule has 0 radical (unpaired) electrons. The first kappa shape index (κ1) is 11.2. The molecule has 2 N–H and O–H groups in total. The summed E-state index contributed by atoms with van der Waals surface area (Å²) in [6, 6.07) is 4.20. The molecule has 3 nitrogen and oxygen atoms in total. The van der Waals surface area contributed by atoms with Gasteiger partial charge in [-0.15, -0.1) is 11.3 Å². The Morgan fingerprint density at radius 3 is 2.94 bits per heavy atom. The molecule has 1 heterocycles. The van der Waals surface area contributed by atoms with Crippen LogP contribution in [0.3, 0.4) is 0 Å². The number of thiazole rings is 1. The van der Waals surface area contributed by atoms with Crippen molar-refractivity contribution in [2.75, 3.05) is 5.73 Å². The van der Waals surface area contributed by atoms with Gasteiger partial charge in [-0.1, -0.05) is 0 Å². The van der Waals surface area contributed by atoms with Gasteiger partial charge >= 0.3 is 0 Å². The fourth-order valence-electron chi connectivity index (χ4n) is 1.17. The quantitative estimate of drug-likeness (QED) is 0.856. The Morgan fingerprint density at radius 1 is 1.50 bits per heavy atom. The van der Waals surface area contributed by atoms with Gasteiger partial charge in [0, 0.05) is 16.5 Å². The largest absolute Gasteiger partial charge is 0.396 e. The smallest absolute Gasteiger partial charge is 0.147 e. The standard InChI is InChI=1S/C10H9FN2OS2/c11-8-5-7(1-2-9(8)12)16(14)6-10-13-3-4-15-10/h1-5H,6,12H2. The van der Waals surface area contributed by atoms with Gasteiger partial charge in [0.1, 0.15) is 10.8 Å². The van der Waals surface area contributed by atoms with Crippen LogP contribution in [0.25, 0.3) is 0 Å². The van der Waals surface area contributed by atoms with Crippen molar-refractivity contribution in [3.05, 3.63) is 40.6 Å². The number of aromatic nitrogens is 1. The SMILES string of the molecule is Nc1ccc(S(=O)Cc2nccs2)cc1F. The number of nitrogens with zero attached hydrogens (tertiary/aromatic N) is 1. The number of nitrogens with two attached hydrogens (primary N) is 1. The van der Waals surface area contributed by atoms with Crippen molar-refractivity contribution in [2.45, 2.75) is 10.6 Å². The van der Waals surface area contributed by atoms with Crippen LogP contribution in [0.4, 0.5) is 10.1 Å². The average molecular weight is 256 g/mol. The minimum absolute atomic E-state index is 0.0648. The zero-order valence-corrected chi connectivity index (χ0v) is 9.85. The molecule has 2 aromatic rings. The number of hydrogen-bond donors (Lipinski definition) is 1. The molecular formula is C10H9FN2OS2. The number of anilines is 1. The van der Waals surface area contributed by atoms with Crippen molar-refractivity contribution in [2.24, 2.45) is 0 Å². The molecule has 1 atom stereocenters. The normalized spacial score (nSPS) is 12.6. The average Bonchev–Trinajstić information content (AvgIpc) is 2.74. The Bertz CT molecular complexity index is 514. The van der Waals surface area contributed by atoms with Gasteiger partial charge in [-0.05, 0) is 18.2 Å². The van der Waals surface area contributed by atoms with Crippen LogP contribution < -0.4 is 5.73 Å². The molecule has 0 aliphatic heterocycles. The molecule has 84 valence electrons. The van der Waals surface area contributed by atoms with Crippen molar-refractivity contribution in [3.63, 3.8) is 0 Å². The van der Waals surface area contributed by atoms with Gasteiger partial charge in [0.25, 0.3) is 0 Å². The Labute approximate surface area is 98.6 Å². The molecule has 16 heavy (non-hydrogen) atoms. The van der Waals surface area contributed by atoms with Crippen LogP contribution in [0.15, 0.2) is 34.7 Å². The van der Waals surface area contributed by atoms with Crippen LogP contribution >= 0.6 is 11.3 Å². The first-order valence-electron chi connectivity index (χ1n) is 4.48. The highest BCUT2D eigenvalue weighted by Crippen LogP contribution is 2.18. The third kappa shape index (κ3) is 2.45. The van der Waals surface area contributed by atoms with E-state index in [4.69, 9.17) is 5.73 Å². The molecule has 0 saturated heterocycles. The van der Waals surface area contributed by atoms with Crippen LogP contribution in [-0.4, -0.2) is 9.19 Å². The lowest BCUT2D eigenvalue weighted by Crippen LogP contribution is -1.98. The van der Waals surface area contributed by atoms with Crippen molar-refractivity contribution >= 4 is 27.8 Å². The monoisotopic (exact) mass is 256 g/mol. The minimum atomic E-state index is -1.28. The lowest BCUT2D eigenvalue weighted by atomic mass is 10.3. The van der Waals surface area contributed by atoms with Gasteiger partial charge < -0.3 is 5.73 Å². The molecule has 0 spiro atoms. The summed E-state index contributed by atoms with van der Waals surface area (Å²) in [6.45, 7) is 0. The van der Waals surface area contributed by atoms with Crippen LogP contribution in [0.5, 0.6) is 0 Å². The number of benzene rings is 1. The van der Waals surface area contributed by atoms with Crippen LogP contribution in [0, 0.1) is 5.82 Å².